The van der Waals surface area contributed by atoms with Crippen LogP contribution in [0.15, 0.2) is 60.8 Å². The topological polar surface area (TPSA) is 165 Å². The van der Waals surface area contributed by atoms with Crippen LogP contribution < -0.4 is 20.7 Å². The molecule has 0 unspecified atom stereocenters. The molecule has 14 heteroatoms. The van der Waals surface area contributed by atoms with Gasteiger partial charge in [0.15, 0.2) is 11.9 Å². The number of benzene rings is 1. The van der Waals surface area contributed by atoms with Crippen molar-refractivity contribution in [2.75, 3.05) is 45.7 Å². The zero-order valence-electron chi connectivity index (χ0n) is 31.0. The van der Waals surface area contributed by atoms with Crippen LogP contribution in [0.4, 0.5) is 10.6 Å². The lowest BCUT2D eigenvalue weighted by atomic mass is 9.81. The summed E-state index contributed by atoms with van der Waals surface area (Å²) >= 11 is 0. The van der Waals surface area contributed by atoms with Gasteiger partial charge in [0, 0.05) is 49.7 Å². The van der Waals surface area contributed by atoms with E-state index in [0.717, 1.165) is 30.9 Å². The number of amides is 3. The van der Waals surface area contributed by atoms with E-state index < -0.39 is 29.0 Å². The SMILES string of the molecule is CCC(CC)c1nnc2ccc(O[C@@H]3C=C[C@](C=O)(NC(=O)Nc4cc(C(C)(C)C)nc(C(=O)NCCN(C)CCOC)n4)c4ccccc43)cn12. The summed E-state index contributed by atoms with van der Waals surface area (Å²) < 4.78 is 13.5. The van der Waals surface area contributed by atoms with E-state index >= 15 is 0 Å². The number of pyridine rings is 1. The van der Waals surface area contributed by atoms with E-state index in [1.165, 1.54) is 0 Å². The van der Waals surface area contributed by atoms with Crippen molar-refractivity contribution in [2.45, 2.75) is 70.4 Å². The molecule has 276 valence electrons. The highest BCUT2D eigenvalue weighted by Gasteiger charge is 2.38. The highest BCUT2D eigenvalue weighted by molar-refractivity contribution is 5.94. The second-order valence-electron chi connectivity index (χ2n) is 14.0. The lowest BCUT2D eigenvalue weighted by molar-refractivity contribution is -0.111. The number of carbonyl (C=O) groups is 3. The largest absolute Gasteiger partial charge is 0.480 e. The first-order valence-electron chi connectivity index (χ1n) is 17.6. The molecule has 0 spiro atoms. The molecule has 3 heterocycles. The molecule has 0 fully saturated rings. The van der Waals surface area contributed by atoms with Crippen LogP contribution in [-0.2, 0) is 20.5 Å². The fourth-order valence-electron chi connectivity index (χ4n) is 6.07. The highest BCUT2D eigenvalue weighted by Crippen LogP contribution is 2.37. The predicted octanol–water partition coefficient (Wildman–Crippen LogP) is 4.93. The van der Waals surface area contributed by atoms with Crippen LogP contribution in [0.1, 0.15) is 92.7 Å². The zero-order chi connectivity index (χ0) is 37.5. The number of anilines is 1. The van der Waals surface area contributed by atoms with Gasteiger partial charge in [0.25, 0.3) is 5.91 Å². The quantitative estimate of drug-likeness (QED) is 0.114. The number of urea groups is 1. The monoisotopic (exact) mass is 711 g/mol. The van der Waals surface area contributed by atoms with E-state index in [9.17, 15) is 14.4 Å². The number of nitrogens with zero attached hydrogens (tertiary/aromatic N) is 6. The fourth-order valence-corrected chi connectivity index (χ4v) is 6.07. The molecule has 1 aliphatic rings. The molecule has 0 bridgehead atoms. The predicted molar refractivity (Wildman–Crippen MR) is 198 cm³/mol. The van der Waals surface area contributed by atoms with Gasteiger partial charge in [0.1, 0.15) is 29.0 Å². The molecule has 3 amide bonds. The van der Waals surface area contributed by atoms with Crippen molar-refractivity contribution in [3.8, 4) is 5.75 Å². The number of ether oxygens (including phenoxy) is 2. The Labute approximate surface area is 304 Å². The summed E-state index contributed by atoms with van der Waals surface area (Å²) in [5.41, 5.74) is 0.607. The lowest BCUT2D eigenvalue weighted by Crippen LogP contribution is -2.49. The minimum Gasteiger partial charge on any atom is -0.480 e. The number of hydrogen-bond acceptors (Lipinski definition) is 10. The Morgan fingerprint density at radius 3 is 2.56 bits per heavy atom. The third-order valence-electron chi connectivity index (χ3n) is 9.16. The summed E-state index contributed by atoms with van der Waals surface area (Å²) in [4.78, 5) is 50.5. The minimum atomic E-state index is -1.50. The normalized spacial score (nSPS) is 16.9. The van der Waals surface area contributed by atoms with Crippen LogP contribution >= 0.6 is 0 Å². The van der Waals surface area contributed by atoms with Crippen molar-refractivity contribution < 1.29 is 23.9 Å². The maximum atomic E-state index is 13.6. The van der Waals surface area contributed by atoms with Gasteiger partial charge >= 0.3 is 6.03 Å². The average Bonchev–Trinajstić information content (AvgIpc) is 3.54. The summed E-state index contributed by atoms with van der Waals surface area (Å²) in [5, 5.41) is 17.2. The maximum Gasteiger partial charge on any atom is 0.321 e. The van der Waals surface area contributed by atoms with Gasteiger partial charge in [0.05, 0.1) is 18.5 Å². The molecule has 0 saturated carbocycles. The number of nitrogens with one attached hydrogen (secondary N) is 3. The van der Waals surface area contributed by atoms with Gasteiger partial charge in [-0.15, -0.1) is 10.2 Å². The van der Waals surface area contributed by atoms with Crippen LogP contribution in [0.2, 0.25) is 0 Å². The van der Waals surface area contributed by atoms with Crippen LogP contribution in [0.3, 0.4) is 0 Å². The Balaban J connectivity index is 1.35. The molecule has 5 rings (SSSR count). The molecular formula is C38H49N9O5. The zero-order valence-corrected chi connectivity index (χ0v) is 31.0. The molecule has 3 N–H and O–H groups in total. The Bertz CT molecular complexity index is 1920. The molecule has 4 aromatic rings. The van der Waals surface area contributed by atoms with Gasteiger partial charge in [-0.2, -0.15) is 0 Å². The highest BCUT2D eigenvalue weighted by atomic mass is 16.5. The molecule has 52 heavy (non-hydrogen) atoms. The smallest absolute Gasteiger partial charge is 0.321 e. The number of aromatic nitrogens is 5. The second kappa shape index (κ2) is 16.4. The van der Waals surface area contributed by atoms with Crippen molar-refractivity contribution in [2.24, 2.45) is 0 Å². The van der Waals surface area contributed by atoms with Crippen molar-refractivity contribution in [3.05, 3.63) is 89.3 Å². The third kappa shape index (κ3) is 8.62. The molecule has 3 aromatic heterocycles. The number of hydrogen-bond donors (Lipinski definition) is 3. The Morgan fingerprint density at radius 1 is 1.08 bits per heavy atom. The summed E-state index contributed by atoms with van der Waals surface area (Å²) in [6.07, 6.45) is 7.29. The van der Waals surface area contributed by atoms with Crippen molar-refractivity contribution in [3.63, 3.8) is 0 Å². The number of methoxy groups -OCH3 is 1. The molecule has 14 nitrogen and oxygen atoms in total. The first-order chi connectivity index (χ1) is 24.9. The number of carbonyl (C=O) groups excluding carboxylic acids is 3. The van der Waals surface area contributed by atoms with Gasteiger partial charge in [-0.3, -0.25) is 19.3 Å². The number of fused-ring (bicyclic) bond motifs is 2. The molecule has 2 atom stereocenters. The van der Waals surface area contributed by atoms with Crippen molar-refractivity contribution in [1.82, 2.24) is 40.1 Å². The van der Waals surface area contributed by atoms with Crippen LogP contribution in [-0.4, -0.2) is 88.1 Å². The van der Waals surface area contributed by atoms with Gasteiger partial charge < -0.3 is 25.0 Å². The molecule has 1 aliphatic carbocycles. The van der Waals surface area contributed by atoms with E-state index in [0.29, 0.717) is 48.6 Å². The average molecular weight is 712 g/mol. The van der Waals surface area contributed by atoms with E-state index in [2.05, 4.69) is 50.0 Å². The Hall–Kier alpha value is -5.21. The van der Waals surface area contributed by atoms with Crippen molar-refractivity contribution in [1.29, 1.82) is 0 Å². The van der Waals surface area contributed by atoms with Crippen LogP contribution in [0, 0.1) is 0 Å². The molecule has 0 radical (unpaired) electrons. The summed E-state index contributed by atoms with van der Waals surface area (Å²) in [5.74, 6) is 1.32. The van der Waals surface area contributed by atoms with E-state index in [1.54, 1.807) is 37.5 Å². The number of aldehydes is 1. The van der Waals surface area contributed by atoms with E-state index in [4.69, 9.17) is 9.47 Å². The van der Waals surface area contributed by atoms with Gasteiger partial charge in [0.2, 0.25) is 5.82 Å². The minimum absolute atomic E-state index is 0.0769. The molecule has 1 aromatic carbocycles. The second-order valence-corrected chi connectivity index (χ2v) is 14.0. The summed E-state index contributed by atoms with van der Waals surface area (Å²) in [7, 11) is 3.58. The third-order valence-corrected chi connectivity index (χ3v) is 9.16. The number of rotatable bonds is 15. The molecule has 0 saturated heterocycles. The van der Waals surface area contributed by atoms with E-state index in [1.807, 2.05) is 67.6 Å². The summed E-state index contributed by atoms with van der Waals surface area (Å²) in [6, 6.07) is 12.0. The van der Waals surface area contributed by atoms with Gasteiger partial charge in [-0.25, -0.2) is 14.8 Å². The van der Waals surface area contributed by atoms with Gasteiger partial charge in [-0.1, -0.05) is 58.9 Å². The van der Waals surface area contributed by atoms with E-state index in [-0.39, 0.29) is 17.6 Å². The fraction of sp³-hybridized carbons (Fsp3) is 0.447. The van der Waals surface area contributed by atoms with Crippen LogP contribution in [0.25, 0.3) is 5.65 Å². The lowest BCUT2D eigenvalue weighted by Gasteiger charge is -2.34. The van der Waals surface area contributed by atoms with Gasteiger partial charge in [-0.05, 0) is 49.7 Å². The maximum absolute atomic E-state index is 13.6. The van der Waals surface area contributed by atoms with Crippen LogP contribution in [0.5, 0.6) is 5.75 Å². The first kappa shape index (κ1) is 38.0. The number of likely N-dealkylation sites (N-methyl/N-ethyl adjacent to an activating group) is 1. The Morgan fingerprint density at radius 2 is 1.85 bits per heavy atom. The van der Waals surface area contributed by atoms with Crippen molar-refractivity contribution >= 4 is 29.7 Å². The molecular weight excluding hydrogens is 662 g/mol. The first-order valence-corrected chi connectivity index (χ1v) is 17.6. The molecule has 0 aliphatic heterocycles. The standard InChI is InChI=1S/C38H49N9O5/c1-8-25(9-2)34-45-44-32-15-14-26(23-47(32)34)52-29-16-17-38(24-48,28-13-11-10-12-27(28)29)43-36(50)42-31-22-30(37(3,4)5)40-33(41-31)35(49)39-18-19-46(6)20-21-51-7/h10-17,22-25,29H,8-9,18-21H2,1-7H3,(H,39,49)(H2,40,41,42,43,50)/t29-,38-/m1/s1. The summed E-state index contributed by atoms with van der Waals surface area (Å²) in [6.45, 7) is 12.4. The Kier molecular flexibility index (Phi) is 12.0.